The molecule has 6 nitrogen and oxygen atoms in total. The number of carbonyl (C=O) groups excluding carboxylic acids is 1. The zero-order valence-electron chi connectivity index (χ0n) is 16.0. The van der Waals surface area contributed by atoms with Gasteiger partial charge in [-0.05, 0) is 55.7 Å². The number of carbonyl (C=O) groups is 1. The Bertz CT molecular complexity index is 939. The van der Waals surface area contributed by atoms with Crippen molar-refractivity contribution in [2.24, 2.45) is 0 Å². The summed E-state index contributed by atoms with van der Waals surface area (Å²) in [5, 5.41) is 8.86. The zero-order valence-corrected chi connectivity index (χ0v) is 16.7. The fourth-order valence-corrected chi connectivity index (χ4v) is 3.18. The lowest BCUT2D eigenvalue weighted by atomic mass is 10.2. The largest absolute Gasteiger partial charge is 0.494 e. The van der Waals surface area contributed by atoms with Gasteiger partial charge in [-0.15, -0.1) is 10.2 Å². The van der Waals surface area contributed by atoms with Crippen molar-refractivity contribution in [2.45, 2.75) is 38.3 Å². The van der Waals surface area contributed by atoms with Gasteiger partial charge in [0.25, 0.3) is 0 Å². The molecular weight excluding hydrogens is 390 g/mol. The van der Waals surface area contributed by atoms with Gasteiger partial charge in [0.2, 0.25) is 17.7 Å². The molecule has 1 heterocycles. The summed E-state index contributed by atoms with van der Waals surface area (Å²) in [5.74, 6) is 1.78. The SMILES string of the molecule is O=C(CCCOc1ccccc1)N(Cc1nnc(-c2ccc(Cl)cc2)o1)C1CC1. The van der Waals surface area contributed by atoms with Crippen LogP contribution in [-0.2, 0) is 11.3 Å². The van der Waals surface area contributed by atoms with Crippen molar-refractivity contribution in [3.05, 3.63) is 65.5 Å². The van der Waals surface area contributed by atoms with Gasteiger partial charge in [0, 0.05) is 23.0 Å². The van der Waals surface area contributed by atoms with Crippen molar-refractivity contribution in [2.75, 3.05) is 6.61 Å². The Morgan fingerprint density at radius 3 is 2.59 bits per heavy atom. The van der Waals surface area contributed by atoms with Gasteiger partial charge in [0.1, 0.15) is 5.75 Å². The van der Waals surface area contributed by atoms with Crippen molar-refractivity contribution < 1.29 is 13.9 Å². The van der Waals surface area contributed by atoms with E-state index in [-0.39, 0.29) is 11.9 Å². The highest BCUT2D eigenvalue weighted by atomic mass is 35.5. The highest BCUT2D eigenvalue weighted by Gasteiger charge is 2.33. The van der Waals surface area contributed by atoms with Crippen molar-refractivity contribution in [3.8, 4) is 17.2 Å². The lowest BCUT2D eigenvalue weighted by Gasteiger charge is -2.20. The Morgan fingerprint density at radius 1 is 1.10 bits per heavy atom. The molecule has 1 saturated carbocycles. The number of amides is 1. The molecule has 0 atom stereocenters. The molecule has 0 spiro atoms. The molecule has 0 unspecified atom stereocenters. The first-order valence-corrected chi connectivity index (χ1v) is 10.1. The molecule has 1 amide bonds. The molecule has 0 aliphatic heterocycles. The number of nitrogens with zero attached hydrogens (tertiary/aromatic N) is 3. The first-order valence-electron chi connectivity index (χ1n) is 9.75. The van der Waals surface area contributed by atoms with E-state index in [1.807, 2.05) is 47.4 Å². The van der Waals surface area contributed by atoms with E-state index in [1.54, 1.807) is 12.1 Å². The smallest absolute Gasteiger partial charge is 0.247 e. The highest BCUT2D eigenvalue weighted by molar-refractivity contribution is 6.30. The van der Waals surface area contributed by atoms with E-state index in [0.29, 0.717) is 42.8 Å². The summed E-state index contributed by atoms with van der Waals surface area (Å²) in [7, 11) is 0. The lowest BCUT2D eigenvalue weighted by Crippen LogP contribution is -2.32. The minimum Gasteiger partial charge on any atom is -0.494 e. The Kier molecular flexibility index (Phi) is 6.10. The fourth-order valence-electron chi connectivity index (χ4n) is 3.05. The van der Waals surface area contributed by atoms with Crippen LogP contribution in [0, 0.1) is 0 Å². The van der Waals surface area contributed by atoms with E-state index >= 15 is 0 Å². The number of ether oxygens (including phenoxy) is 1. The standard InChI is InChI=1S/C22H22ClN3O3/c23-17-10-8-16(9-11-17)22-25-24-20(29-22)15-26(18-12-13-18)21(27)7-4-14-28-19-5-2-1-3-6-19/h1-3,5-6,8-11,18H,4,7,12-15H2. The van der Waals surface area contributed by atoms with Crippen LogP contribution in [0.3, 0.4) is 0 Å². The first kappa shape index (κ1) is 19.5. The third-order valence-corrected chi connectivity index (χ3v) is 4.97. The number of halogens is 1. The van der Waals surface area contributed by atoms with Gasteiger partial charge in [-0.2, -0.15) is 0 Å². The van der Waals surface area contributed by atoms with Gasteiger partial charge in [-0.25, -0.2) is 0 Å². The number of para-hydroxylation sites is 1. The van der Waals surface area contributed by atoms with Crippen LogP contribution in [0.25, 0.3) is 11.5 Å². The van der Waals surface area contributed by atoms with E-state index in [9.17, 15) is 4.79 Å². The summed E-state index contributed by atoms with van der Waals surface area (Å²) in [6, 6.07) is 17.1. The molecule has 0 radical (unpaired) electrons. The predicted octanol–water partition coefficient (Wildman–Crippen LogP) is 4.74. The molecule has 1 aliphatic carbocycles. The van der Waals surface area contributed by atoms with Gasteiger partial charge >= 0.3 is 0 Å². The van der Waals surface area contributed by atoms with E-state index < -0.39 is 0 Å². The average molecular weight is 412 g/mol. The van der Waals surface area contributed by atoms with E-state index in [0.717, 1.165) is 24.2 Å². The second kappa shape index (κ2) is 9.09. The molecule has 7 heteroatoms. The third kappa shape index (κ3) is 5.35. The van der Waals surface area contributed by atoms with Crippen LogP contribution in [0.1, 0.15) is 31.6 Å². The zero-order chi connectivity index (χ0) is 20.1. The van der Waals surface area contributed by atoms with Crippen LogP contribution in [0.15, 0.2) is 59.0 Å². The van der Waals surface area contributed by atoms with Gasteiger partial charge in [0.05, 0.1) is 13.2 Å². The van der Waals surface area contributed by atoms with Gasteiger partial charge in [-0.3, -0.25) is 4.79 Å². The van der Waals surface area contributed by atoms with Crippen LogP contribution in [0.4, 0.5) is 0 Å². The van der Waals surface area contributed by atoms with Crippen LogP contribution in [-0.4, -0.2) is 33.7 Å². The van der Waals surface area contributed by atoms with Crippen molar-refractivity contribution in [1.29, 1.82) is 0 Å². The van der Waals surface area contributed by atoms with Crippen molar-refractivity contribution >= 4 is 17.5 Å². The molecule has 29 heavy (non-hydrogen) atoms. The molecule has 1 aromatic heterocycles. The number of rotatable bonds is 9. The molecule has 0 N–H and O–H groups in total. The van der Waals surface area contributed by atoms with Crippen LogP contribution in [0.2, 0.25) is 5.02 Å². The van der Waals surface area contributed by atoms with Gasteiger partial charge < -0.3 is 14.1 Å². The fraction of sp³-hybridized carbons (Fsp3) is 0.318. The van der Waals surface area contributed by atoms with E-state index in [2.05, 4.69) is 10.2 Å². The minimum atomic E-state index is 0.0930. The maximum absolute atomic E-state index is 12.7. The Labute approximate surface area is 174 Å². The Hall–Kier alpha value is -2.86. The quantitative estimate of drug-likeness (QED) is 0.475. The Balaban J connectivity index is 1.31. The molecule has 150 valence electrons. The summed E-state index contributed by atoms with van der Waals surface area (Å²) in [6.45, 7) is 0.846. The molecule has 1 aliphatic rings. The number of aromatic nitrogens is 2. The first-order chi connectivity index (χ1) is 14.2. The van der Waals surface area contributed by atoms with Gasteiger partial charge in [0.15, 0.2) is 0 Å². The summed E-state index contributed by atoms with van der Waals surface area (Å²) in [5.41, 5.74) is 0.801. The molecule has 4 rings (SSSR count). The molecule has 1 fully saturated rings. The minimum absolute atomic E-state index is 0.0930. The van der Waals surface area contributed by atoms with Crippen molar-refractivity contribution in [1.82, 2.24) is 15.1 Å². The lowest BCUT2D eigenvalue weighted by molar-refractivity contribution is -0.133. The van der Waals surface area contributed by atoms with Crippen LogP contribution < -0.4 is 4.74 Å². The predicted molar refractivity (Wildman–Crippen MR) is 109 cm³/mol. The highest BCUT2D eigenvalue weighted by Crippen LogP contribution is 2.29. The van der Waals surface area contributed by atoms with Gasteiger partial charge in [-0.1, -0.05) is 29.8 Å². The average Bonchev–Trinajstić information content (AvgIpc) is 3.48. The summed E-state index contributed by atoms with van der Waals surface area (Å²) >= 11 is 5.92. The second-order valence-corrected chi connectivity index (χ2v) is 7.46. The molecule has 2 aromatic carbocycles. The molecule has 0 saturated heterocycles. The van der Waals surface area contributed by atoms with Crippen LogP contribution in [0.5, 0.6) is 5.75 Å². The molecular formula is C22H22ClN3O3. The van der Waals surface area contributed by atoms with E-state index in [4.69, 9.17) is 20.8 Å². The normalized spacial score (nSPS) is 13.3. The number of benzene rings is 2. The second-order valence-electron chi connectivity index (χ2n) is 7.03. The van der Waals surface area contributed by atoms with E-state index in [1.165, 1.54) is 0 Å². The Morgan fingerprint density at radius 2 is 1.86 bits per heavy atom. The van der Waals surface area contributed by atoms with Crippen molar-refractivity contribution in [3.63, 3.8) is 0 Å². The molecule has 3 aromatic rings. The monoisotopic (exact) mass is 411 g/mol. The van der Waals surface area contributed by atoms with Crippen LogP contribution >= 0.6 is 11.6 Å². The summed E-state index contributed by atoms with van der Waals surface area (Å²) in [6.07, 6.45) is 3.13. The topological polar surface area (TPSA) is 68.5 Å². The summed E-state index contributed by atoms with van der Waals surface area (Å²) in [4.78, 5) is 14.6. The third-order valence-electron chi connectivity index (χ3n) is 4.72. The summed E-state index contributed by atoms with van der Waals surface area (Å²) < 4.78 is 11.4. The number of hydrogen-bond acceptors (Lipinski definition) is 5. The maximum atomic E-state index is 12.7. The maximum Gasteiger partial charge on any atom is 0.247 e. The number of hydrogen-bond donors (Lipinski definition) is 0. The molecule has 0 bridgehead atoms.